The van der Waals surface area contributed by atoms with Gasteiger partial charge in [-0.1, -0.05) is 29.8 Å². The van der Waals surface area contributed by atoms with Gasteiger partial charge in [0, 0.05) is 53.1 Å². The molecule has 1 unspecified atom stereocenters. The van der Waals surface area contributed by atoms with Gasteiger partial charge in [-0.05, 0) is 25.1 Å². The molecule has 6 heteroatoms. The van der Waals surface area contributed by atoms with Crippen molar-refractivity contribution in [3.05, 3.63) is 46.3 Å². The highest BCUT2D eigenvalue weighted by Gasteiger charge is 2.25. The molecule has 1 aliphatic rings. The summed E-state index contributed by atoms with van der Waals surface area (Å²) in [5.41, 5.74) is 1.08. The van der Waals surface area contributed by atoms with Crippen LogP contribution in [0.5, 0.6) is 0 Å². The Morgan fingerprint density at radius 2 is 1.92 bits per heavy atom. The molecule has 2 heterocycles. The van der Waals surface area contributed by atoms with Gasteiger partial charge in [0.05, 0.1) is 0 Å². The molecule has 1 atom stereocenters. The number of hydrogen-bond acceptors (Lipinski definition) is 4. The Morgan fingerprint density at radius 3 is 2.58 bits per heavy atom. The number of hydrogen-bond donors (Lipinski definition) is 1. The molecule has 0 aliphatic carbocycles. The van der Waals surface area contributed by atoms with Crippen molar-refractivity contribution in [2.45, 2.75) is 19.5 Å². The van der Waals surface area contributed by atoms with E-state index in [9.17, 15) is 4.79 Å². The normalized spacial score (nSPS) is 17.8. The number of rotatable bonds is 5. The predicted molar refractivity (Wildman–Crippen MR) is 98.7 cm³/mol. The largest absolute Gasteiger partial charge is 0.480 e. The average molecular weight is 365 g/mol. The zero-order valence-electron chi connectivity index (χ0n) is 13.6. The van der Waals surface area contributed by atoms with Crippen LogP contribution in [0.1, 0.15) is 11.8 Å². The van der Waals surface area contributed by atoms with Crippen molar-refractivity contribution in [2.24, 2.45) is 0 Å². The van der Waals surface area contributed by atoms with Crippen LogP contribution in [0, 0.1) is 0 Å². The fraction of sp³-hybridized carbons (Fsp3) is 0.389. The topological polar surface area (TPSA) is 43.8 Å². The van der Waals surface area contributed by atoms with E-state index in [1.165, 1.54) is 9.75 Å². The van der Waals surface area contributed by atoms with Crippen LogP contribution in [0.25, 0.3) is 10.4 Å². The van der Waals surface area contributed by atoms with E-state index < -0.39 is 12.0 Å². The Balaban J connectivity index is 1.59. The monoisotopic (exact) mass is 364 g/mol. The maximum atomic E-state index is 11.1. The van der Waals surface area contributed by atoms with E-state index in [1.54, 1.807) is 18.3 Å². The van der Waals surface area contributed by atoms with Crippen molar-refractivity contribution in [3.8, 4) is 10.4 Å². The van der Waals surface area contributed by atoms with Gasteiger partial charge in [0.25, 0.3) is 0 Å². The standard InChI is InChI=1S/C18H21ClN2O2S/c1-13(18(22)23)21-10-8-20(9-11-21)12-14-6-7-17(24-14)15-4-2-3-5-16(15)19/h2-7,13H,8-12H2,1H3,(H,22,23). The number of thiophene rings is 1. The fourth-order valence-electron chi connectivity index (χ4n) is 2.95. The van der Waals surface area contributed by atoms with E-state index in [2.05, 4.69) is 17.0 Å². The van der Waals surface area contributed by atoms with E-state index in [0.29, 0.717) is 0 Å². The lowest BCUT2D eigenvalue weighted by molar-refractivity contribution is -0.143. The van der Waals surface area contributed by atoms with E-state index >= 15 is 0 Å². The molecule has 1 saturated heterocycles. The number of benzene rings is 1. The molecule has 2 aromatic rings. The molecule has 1 aromatic heterocycles. The third-order valence-corrected chi connectivity index (χ3v) is 5.93. The third-order valence-electron chi connectivity index (χ3n) is 4.49. The van der Waals surface area contributed by atoms with Crippen LogP contribution in [0.15, 0.2) is 36.4 Å². The lowest BCUT2D eigenvalue weighted by Gasteiger charge is -2.36. The lowest BCUT2D eigenvalue weighted by Crippen LogP contribution is -2.51. The first-order valence-electron chi connectivity index (χ1n) is 8.07. The zero-order chi connectivity index (χ0) is 17.1. The summed E-state index contributed by atoms with van der Waals surface area (Å²) in [4.78, 5) is 18.0. The fourth-order valence-corrected chi connectivity index (χ4v) is 4.34. The summed E-state index contributed by atoms with van der Waals surface area (Å²) in [5.74, 6) is -0.744. The Kier molecular flexibility index (Phi) is 5.56. The average Bonchev–Trinajstić information content (AvgIpc) is 3.03. The molecule has 0 spiro atoms. The van der Waals surface area contributed by atoms with Gasteiger partial charge in [-0.3, -0.25) is 14.6 Å². The van der Waals surface area contributed by atoms with Crippen molar-refractivity contribution in [2.75, 3.05) is 26.2 Å². The Bertz CT molecular complexity index is 711. The highest BCUT2D eigenvalue weighted by molar-refractivity contribution is 7.15. The molecule has 24 heavy (non-hydrogen) atoms. The van der Waals surface area contributed by atoms with Crippen molar-refractivity contribution in [1.29, 1.82) is 0 Å². The van der Waals surface area contributed by atoms with Crippen molar-refractivity contribution < 1.29 is 9.90 Å². The summed E-state index contributed by atoms with van der Waals surface area (Å²) in [6.07, 6.45) is 0. The number of aliphatic carboxylic acids is 1. The predicted octanol–water partition coefficient (Wildman–Crippen LogP) is 3.66. The molecular weight excluding hydrogens is 344 g/mol. The molecule has 1 fully saturated rings. The highest BCUT2D eigenvalue weighted by Crippen LogP contribution is 2.33. The van der Waals surface area contributed by atoms with E-state index in [4.69, 9.17) is 16.7 Å². The lowest BCUT2D eigenvalue weighted by atomic mass is 10.2. The maximum absolute atomic E-state index is 11.1. The smallest absolute Gasteiger partial charge is 0.320 e. The molecule has 4 nitrogen and oxygen atoms in total. The first kappa shape index (κ1) is 17.4. The van der Waals surface area contributed by atoms with Gasteiger partial charge < -0.3 is 5.11 Å². The van der Waals surface area contributed by atoms with Gasteiger partial charge in [-0.2, -0.15) is 0 Å². The van der Waals surface area contributed by atoms with Crippen LogP contribution >= 0.6 is 22.9 Å². The van der Waals surface area contributed by atoms with E-state index in [0.717, 1.165) is 43.3 Å². The van der Waals surface area contributed by atoms with Crippen molar-refractivity contribution >= 4 is 28.9 Å². The second-order valence-electron chi connectivity index (χ2n) is 6.07. The van der Waals surface area contributed by atoms with Crippen molar-refractivity contribution in [1.82, 2.24) is 9.80 Å². The summed E-state index contributed by atoms with van der Waals surface area (Å²) in [5, 5.41) is 9.88. The van der Waals surface area contributed by atoms with Crippen LogP contribution in [0.3, 0.4) is 0 Å². The van der Waals surface area contributed by atoms with Gasteiger partial charge in [0.1, 0.15) is 6.04 Å². The molecule has 0 radical (unpaired) electrons. The van der Waals surface area contributed by atoms with Crippen LogP contribution in [-0.2, 0) is 11.3 Å². The van der Waals surface area contributed by atoms with Crippen LogP contribution in [0.2, 0.25) is 5.02 Å². The summed E-state index contributed by atoms with van der Waals surface area (Å²) in [7, 11) is 0. The Hall–Kier alpha value is -1.40. The maximum Gasteiger partial charge on any atom is 0.320 e. The summed E-state index contributed by atoms with van der Waals surface area (Å²) in [6.45, 7) is 6.07. The van der Waals surface area contributed by atoms with Crippen LogP contribution in [-0.4, -0.2) is 53.1 Å². The number of carboxylic acids is 1. The molecule has 0 saturated carbocycles. The number of carbonyl (C=O) groups is 1. The second-order valence-corrected chi connectivity index (χ2v) is 7.65. The minimum Gasteiger partial charge on any atom is -0.480 e. The zero-order valence-corrected chi connectivity index (χ0v) is 15.2. The molecule has 3 rings (SSSR count). The van der Waals surface area contributed by atoms with Crippen LogP contribution in [0.4, 0.5) is 0 Å². The molecule has 1 aliphatic heterocycles. The third kappa shape index (κ3) is 3.98. The van der Waals surface area contributed by atoms with E-state index in [-0.39, 0.29) is 0 Å². The molecular formula is C18H21ClN2O2S. The number of nitrogens with zero attached hydrogens (tertiary/aromatic N) is 2. The first-order chi connectivity index (χ1) is 11.5. The molecule has 1 N–H and O–H groups in total. The second kappa shape index (κ2) is 7.66. The quantitative estimate of drug-likeness (QED) is 0.879. The van der Waals surface area contributed by atoms with Gasteiger partial charge in [0.2, 0.25) is 0 Å². The summed E-state index contributed by atoms with van der Waals surface area (Å²) in [6, 6.07) is 11.8. The van der Waals surface area contributed by atoms with E-state index in [1.807, 2.05) is 29.2 Å². The first-order valence-corrected chi connectivity index (χ1v) is 9.27. The molecule has 0 amide bonds. The van der Waals surface area contributed by atoms with Gasteiger partial charge >= 0.3 is 5.97 Å². The molecule has 1 aromatic carbocycles. The molecule has 128 valence electrons. The minimum atomic E-state index is -0.744. The Morgan fingerprint density at radius 1 is 1.21 bits per heavy atom. The Labute approximate surface area is 151 Å². The number of carboxylic acid groups (broad SMARTS) is 1. The minimum absolute atomic E-state index is 0.402. The summed E-state index contributed by atoms with van der Waals surface area (Å²) >= 11 is 8.05. The summed E-state index contributed by atoms with van der Waals surface area (Å²) < 4.78 is 0. The van der Waals surface area contributed by atoms with Crippen molar-refractivity contribution in [3.63, 3.8) is 0 Å². The SMILES string of the molecule is CC(C(=O)O)N1CCN(Cc2ccc(-c3ccccc3Cl)s2)CC1. The van der Waals surface area contributed by atoms with Gasteiger partial charge in [0.15, 0.2) is 0 Å². The molecule has 0 bridgehead atoms. The number of piperazine rings is 1. The van der Waals surface area contributed by atoms with Gasteiger partial charge in [-0.25, -0.2) is 0 Å². The van der Waals surface area contributed by atoms with Crippen LogP contribution < -0.4 is 0 Å². The van der Waals surface area contributed by atoms with Gasteiger partial charge in [-0.15, -0.1) is 11.3 Å². The number of halogens is 1. The highest BCUT2D eigenvalue weighted by atomic mass is 35.5.